The van der Waals surface area contributed by atoms with Gasteiger partial charge in [-0.3, -0.25) is 5.10 Å². The van der Waals surface area contributed by atoms with Gasteiger partial charge in [0.25, 0.3) is 0 Å². The van der Waals surface area contributed by atoms with Crippen molar-refractivity contribution in [1.29, 1.82) is 0 Å². The normalized spacial score (nSPS) is 16.8. The summed E-state index contributed by atoms with van der Waals surface area (Å²) in [5.74, 6) is 1.52. The lowest BCUT2D eigenvalue weighted by molar-refractivity contribution is 0.122. The minimum Gasteiger partial charge on any atom is -0.384 e. The highest BCUT2D eigenvalue weighted by Crippen LogP contribution is 2.13. The number of hydrogen-bond acceptors (Lipinski definition) is 4. The van der Waals surface area contributed by atoms with Crippen molar-refractivity contribution in [1.82, 2.24) is 10.2 Å². The third-order valence-corrected chi connectivity index (χ3v) is 1.92. The molecular formula is C7H13ClN4O. The van der Waals surface area contributed by atoms with Gasteiger partial charge in [0.2, 0.25) is 0 Å². The zero-order valence-electron chi connectivity index (χ0n) is 7.19. The summed E-state index contributed by atoms with van der Waals surface area (Å²) >= 11 is 0. The summed E-state index contributed by atoms with van der Waals surface area (Å²) in [6.45, 7) is 3.33. The van der Waals surface area contributed by atoms with E-state index in [9.17, 15) is 0 Å². The SMILES string of the molecule is Cl.Nc1cc(N2CCOCC2)n[nH]1. The average molecular weight is 205 g/mol. The van der Waals surface area contributed by atoms with Crippen LogP contribution in [0.4, 0.5) is 11.6 Å². The van der Waals surface area contributed by atoms with Gasteiger partial charge in [-0.2, -0.15) is 5.10 Å². The lowest BCUT2D eigenvalue weighted by Crippen LogP contribution is -2.36. The largest absolute Gasteiger partial charge is 0.384 e. The molecule has 2 rings (SSSR count). The molecule has 0 spiro atoms. The molecule has 0 atom stereocenters. The van der Waals surface area contributed by atoms with E-state index in [-0.39, 0.29) is 12.4 Å². The summed E-state index contributed by atoms with van der Waals surface area (Å²) in [6.07, 6.45) is 0. The van der Waals surface area contributed by atoms with Crippen molar-refractivity contribution in [3.8, 4) is 0 Å². The first kappa shape index (κ1) is 10.1. The molecule has 6 heteroatoms. The fourth-order valence-corrected chi connectivity index (χ4v) is 1.28. The standard InChI is InChI=1S/C7H12N4O.ClH/c8-6-5-7(10-9-6)11-1-3-12-4-2-11;/h5H,1-4H2,(H3,8,9,10);1H. The number of aromatic nitrogens is 2. The van der Waals surface area contributed by atoms with Crippen LogP contribution in [0.25, 0.3) is 0 Å². The van der Waals surface area contributed by atoms with Crippen LogP contribution in [0.2, 0.25) is 0 Å². The number of nitrogens with one attached hydrogen (secondary N) is 1. The number of rotatable bonds is 1. The maximum atomic E-state index is 5.51. The molecule has 1 aromatic rings. The van der Waals surface area contributed by atoms with Crippen molar-refractivity contribution >= 4 is 24.0 Å². The lowest BCUT2D eigenvalue weighted by Gasteiger charge is -2.26. The fraction of sp³-hybridized carbons (Fsp3) is 0.571. The predicted molar refractivity (Wildman–Crippen MR) is 53.3 cm³/mol. The Labute approximate surface area is 82.6 Å². The summed E-state index contributed by atoms with van der Waals surface area (Å²) in [6, 6.07) is 1.84. The van der Waals surface area contributed by atoms with Gasteiger partial charge in [0, 0.05) is 19.2 Å². The maximum absolute atomic E-state index is 5.51. The first-order chi connectivity index (χ1) is 5.86. The maximum Gasteiger partial charge on any atom is 0.152 e. The van der Waals surface area contributed by atoms with E-state index < -0.39 is 0 Å². The molecule has 0 aromatic carbocycles. The molecule has 3 N–H and O–H groups in total. The molecule has 1 aliphatic rings. The number of morpholine rings is 1. The summed E-state index contributed by atoms with van der Waals surface area (Å²) in [4.78, 5) is 2.15. The molecule has 0 radical (unpaired) electrons. The Bertz CT molecular complexity index is 259. The predicted octanol–water partition coefficient (Wildman–Crippen LogP) is 0.250. The van der Waals surface area contributed by atoms with Crippen LogP contribution in [-0.2, 0) is 4.74 Å². The highest BCUT2D eigenvalue weighted by molar-refractivity contribution is 5.85. The van der Waals surface area contributed by atoms with E-state index in [4.69, 9.17) is 10.5 Å². The topological polar surface area (TPSA) is 67.2 Å². The molecule has 74 valence electrons. The van der Waals surface area contributed by atoms with Crippen LogP contribution in [0.5, 0.6) is 0 Å². The summed E-state index contributed by atoms with van der Waals surface area (Å²) in [5.41, 5.74) is 5.51. The third kappa shape index (κ3) is 2.26. The van der Waals surface area contributed by atoms with Gasteiger partial charge in [-0.1, -0.05) is 0 Å². The molecule has 0 amide bonds. The Morgan fingerprint density at radius 3 is 2.69 bits per heavy atom. The molecule has 2 heterocycles. The van der Waals surface area contributed by atoms with E-state index in [2.05, 4.69) is 15.1 Å². The van der Waals surface area contributed by atoms with E-state index in [1.54, 1.807) is 0 Å². The Balaban J connectivity index is 0.000000845. The van der Waals surface area contributed by atoms with Crippen molar-refractivity contribution < 1.29 is 4.74 Å². The second-order valence-electron chi connectivity index (χ2n) is 2.78. The van der Waals surface area contributed by atoms with Gasteiger partial charge in [0.05, 0.1) is 13.2 Å². The second-order valence-corrected chi connectivity index (χ2v) is 2.78. The number of halogens is 1. The number of H-pyrrole nitrogens is 1. The number of nitrogens with zero attached hydrogens (tertiary/aromatic N) is 2. The van der Waals surface area contributed by atoms with Crippen molar-refractivity contribution in [2.24, 2.45) is 0 Å². The Morgan fingerprint density at radius 2 is 2.15 bits per heavy atom. The van der Waals surface area contributed by atoms with Gasteiger partial charge in [-0.25, -0.2) is 0 Å². The number of aromatic amines is 1. The van der Waals surface area contributed by atoms with Crippen molar-refractivity contribution in [3.05, 3.63) is 6.07 Å². The zero-order chi connectivity index (χ0) is 8.39. The number of nitrogen functional groups attached to an aromatic ring is 1. The van der Waals surface area contributed by atoms with Crippen LogP contribution in [0.1, 0.15) is 0 Å². The first-order valence-corrected chi connectivity index (χ1v) is 4.00. The number of anilines is 2. The molecule has 1 aliphatic heterocycles. The molecule has 0 bridgehead atoms. The summed E-state index contributed by atoms with van der Waals surface area (Å²) < 4.78 is 5.22. The lowest BCUT2D eigenvalue weighted by atomic mass is 10.4. The van der Waals surface area contributed by atoms with E-state index in [1.165, 1.54) is 0 Å². The van der Waals surface area contributed by atoms with Gasteiger partial charge >= 0.3 is 0 Å². The van der Waals surface area contributed by atoms with E-state index >= 15 is 0 Å². The number of nitrogens with two attached hydrogens (primary N) is 1. The highest BCUT2D eigenvalue weighted by atomic mass is 35.5. The van der Waals surface area contributed by atoms with Crippen LogP contribution < -0.4 is 10.6 Å². The molecule has 1 aromatic heterocycles. The number of ether oxygens (including phenoxy) is 1. The third-order valence-electron chi connectivity index (χ3n) is 1.92. The molecule has 1 saturated heterocycles. The van der Waals surface area contributed by atoms with E-state index in [0.717, 1.165) is 32.1 Å². The zero-order valence-corrected chi connectivity index (χ0v) is 8.01. The van der Waals surface area contributed by atoms with Gasteiger partial charge in [-0.05, 0) is 0 Å². The summed E-state index contributed by atoms with van der Waals surface area (Å²) in [7, 11) is 0. The van der Waals surface area contributed by atoms with Crippen LogP contribution in [-0.4, -0.2) is 36.5 Å². The van der Waals surface area contributed by atoms with E-state index in [1.807, 2.05) is 6.07 Å². The molecule has 1 fully saturated rings. The molecule has 5 nitrogen and oxygen atoms in total. The van der Waals surface area contributed by atoms with Gasteiger partial charge in [0.1, 0.15) is 5.82 Å². The van der Waals surface area contributed by atoms with Crippen LogP contribution >= 0.6 is 12.4 Å². The molecule has 0 unspecified atom stereocenters. The minimum atomic E-state index is 0. The monoisotopic (exact) mass is 204 g/mol. The molecular weight excluding hydrogens is 192 g/mol. The summed E-state index contributed by atoms with van der Waals surface area (Å²) in [5, 5.41) is 6.77. The van der Waals surface area contributed by atoms with Crippen molar-refractivity contribution in [2.75, 3.05) is 36.9 Å². The second kappa shape index (κ2) is 4.34. The Hall–Kier alpha value is -0.940. The van der Waals surface area contributed by atoms with Gasteiger partial charge in [-0.15, -0.1) is 12.4 Å². The Kier molecular flexibility index (Phi) is 3.39. The first-order valence-electron chi connectivity index (χ1n) is 4.00. The smallest absolute Gasteiger partial charge is 0.152 e. The van der Waals surface area contributed by atoms with Crippen LogP contribution in [0.15, 0.2) is 6.07 Å². The minimum absolute atomic E-state index is 0. The van der Waals surface area contributed by atoms with Crippen LogP contribution in [0.3, 0.4) is 0 Å². The van der Waals surface area contributed by atoms with Gasteiger partial charge < -0.3 is 15.4 Å². The van der Waals surface area contributed by atoms with Crippen molar-refractivity contribution in [2.45, 2.75) is 0 Å². The van der Waals surface area contributed by atoms with Crippen LogP contribution in [0, 0.1) is 0 Å². The Morgan fingerprint density at radius 1 is 1.46 bits per heavy atom. The fourth-order valence-electron chi connectivity index (χ4n) is 1.28. The average Bonchev–Trinajstić information content (AvgIpc) is 2.54. The van der Waals surface area contributed by atoms with E-state index in [0.29, 0.717) is 5.82 Å². The quantitative estimate of drug-likeness (QED) is 0.688. The molecule has 13 heavy (non-hydrogen) atoms. The van der Waals surface area contributed by atoms with Gasteiger partial charge in [0.15, 0.2) is 5.82 Å². The number of hydrogen-bond donors (Lipinski definition) is 2. The van der Waals surface area contributed by atoms with Crippen molar-refractivity contribution in [3.63, 3.8) is 0 Å². The highest BCUT2D eigenvalue weighted by Gasteiger charge is 2.12. The molecule has 0 saturated carbocycles. The molecule has 0 aliphatic carbocycles.